The van der Waals surface area contributed by atoms with Crippen molar-refractivity contribution >= 4 is 35.0 Å². The van der Waals surface area contributed by atoms with Gasteiger partial charge in [0.1, 0.15) is 0 Å². The van der Waals surface area contributed by atoms with Gasteiger partial charge in [0.05, 0.1) is 0 Å². The van der Waals surface area contributed by atoms with E-state index in [1.807, 2.05) is 23.9 Å². The Morgan fingerprint density at radius 3 is 2.73 bits per heavy atom. The van der Waals surface area contributed by atoms with Gasteiger partial charge in [-0.2, -0.15) is 11.8 Å². The molecule has 0 aromatic heterocycles. The second kappa shape index (κ2) is 6.64. The smallest absolute Gasteiger partial charge is 0.0468 e. The highest BCUT2D eigenvalue weighted by atomic mass is 35.5. The topological polar surface area (TPSA) is 12.0 Å². The number of rotatable bonds is 5. The van der Waals surface area contributed by atoms with Crippen molar-refractivity contribution in [1.29, 1.82) is 0 Å². The summed E-state index contributed by atoms with van der Waals surface area (Å²) in [5.74, 6) is 1.11. The first-order valence-electron chi connectivity index (χ1n) is 4.82. The highest BCUT2D eigenvalue weighted by Crippen LogP contribution is 2.25. The van der Waals surface area contributed by atoms with Gasteiger partial charge in [-0.05, 0) is 30.9 Å². The predicted molar refractivity (Wildman–Crippen MR) is 71.3 cm³/mol. The van der Waals surface area contributed by atoms with Crippen molar-refractivity contribution in [2.45, 2.75) is 13.0 Å². The van der Waals surface area contributed by atoms with Crippen molar-refractivity contribution in [1.82, 2.24) is 5.32 Å². The van der Waals surface area contributed by atoms with Crippen LogP contribution in [0.5, 0.6) is 0 Å². The molecule has 0 spiro atoms. The molecule has 0 saturated carbocycles. The third-order valence-electron chi connectivity index (χ3n) is 2.19. The largest absolute Gasteiger partial charge is 0.309 e. The fourth-order valence-corrected chi connectivity index (χ4v) is 2.23. The predicted octanol–water partition coefficient (Wildman–Crippen LogP) is 4.01. The Labute approximate surface area is 106 Å². The van der Waals surface area contributed by atoms with Gasteiger partial charge in [-0.25, -0.2) is 0 Å². The molecule has 1 N–H and O–H groups in total. The lowest BCUT2D eigenvalue weighted by atomic mass is 10.1. The van der Waals surface area contributed by atoms with Crippen molar-refractivity contribution in [3.05, 3.63) is 33.8 Å². The highest BCUT2D eigenvalue weighted by Gasteiger charge is 2.08. The molecule has 0 saturated heterocycles. The summed E-state index contributed by atoms with van der Waals surface area (Å²) in [6, 6.07) is 5.89. The lowest BCUT2D eigenvalue weighted by Crippen LogP contribution is -2.21. The van der Waals surface area contributed by atoms with Gasteiger partial charge in [-0.15, -0.1) is 0 Å². The van der Waals surface area contributed by atoms with Crippen LogP contribution in [-0.2, 0) is 0 Å². The first-order chi connectivity index (χ1) is 7.15. The molecule has 15 heavy (non-hydrogen) atoms. The molecule has 0 amide bonds. The summed E-state index contributed by atoms with van der Waals surface area (Å²) in [6.45, 7) is 3.09. The molecule has 1 aromatic carbocycles. The van der Waals surface area contributed by atoms with Crippen LogP contribution in [0.4, 0.5) is 0 Å². The Kier molecular flexibility index (Phi) is 5.83. The van der Waals surface area contributed by atoms with E-state index in [0.29, 0.717) is 5.02 Å². The Morgan fingerprint density at radius 1 is 1.40 bits per heavy atom. The standard InChI is InChI=1S/C11H15Cl2NS/c1-8(14-5-6-15-2)10-4-3-9(12)7-11(10)13/h3-4,7-8,14H,5-6H2,1-2H3. The average Bonchev–Trinajstić information content (AvgIpc) is 2.17. The molecule has 0 bridgehead atoms. The number of halogens is 2. The van der Waals surface area contributed by atoms with Crippen molar-refractivity contribution < 1.29 is 0 Å². The number of benzene rings is 1. The zero-order chi connectivity index (χ0) is 11.3. The first-order valence-corrected chi connectivity index (χ1v) is 6.97. The minimum atomic E-state index is 0.266. The second-order valence-corrected chi connectivity index (χ2v) is 5.16. The van der Waals surface area contributed by atoms with Gasteiger partial charge in [0, 0.05) is 28.4 Å². The Hall–Kier alpha value is 0.110. The van der Waals surface area contributed by atoms with Crippen LogP contribution in [0.3, 0.4) is 0 Å². The van der Waals surface area contributed by atoms with Crippen molar-refractivity contribution in [2.24, 2.45) is 0 Å². The van der Waals surface area contributed by atoms with Gasteiger partial charge in [-0.1, -0.05) is 29.3 Å². The van der Waals surface area contributed by atoms with E-state index in [2.05, 4.69) is 18.5 Å². The molecule has 84 valence electrons. The molecule has 0 aliphatic heterocycles. The van der Waals surface area contributed by atoms with Crippen molar-refractivity contribution in [3.8, 4) is 0 Å². The Balaban J connectivity index is 2.61. The van der Waals surface area contributed by atoms with Gasteiger partial charge in [-0.3, -0.25) is 0 Å². The summed E-state index contributed by atoms with van der Waals surface area (Å²) >= 11 is 13.8. The lowest BCUT2D eigenvalue weighted by molar-refractivity contribution is 0.601. The van der Waals surface area contributed by atoms with Crippen LogP contribution in [-0.4, -0.2) is 18.6 Å². The quantitative estimate of drug-likeness (QED) is 0.806. The molecule has 1 rings (SSSR count). The molecule has 0 aliphatic carbocycles. The third kappa shape index (κ3) is 4.23. The lowest BCUT2D eigenvalue weighted by Gasteiger charge is -2.15. The molecule has 1 unspecified atom stereocenters. The minimum Gasteiger partial charge on any atom is -0.309 e. The van der Waals surface area contributed by atoms with E-state index in [1.165, 1.54) is 0 Å². The van der Waals surface area contributed by atoms with Crippen LogP contribution in [0.2, 0.25) is 10.0 Å². The van der Waals surface area contributed by atoms with Gasteiger partial charge < -0.3 is 5.32 Å². The van der Waals surface area contributed by atoms with Gasteiger partial charge >= 0.3 is 0 Å². The molecule has 4 heteroatoms. The van der Waals surface area contributed by atoms with E-state index in [9.17, 15) is 0 Å². The molecular weight excluding hydrogens is 249 g/mol. The summed E-state index contributed by atoms with van der Waals surface area (Å²) in [5.41, 5.74) is 1.10. The SMILES string of the molecule is CSCCNC(C)c1ccc(Cl)cc1Cl. The summed E-state index contributed by atoms with van der Waals surface area (Å²) in [7, 11) is 0. The molecule has 1 aromatic rings. The summed E-state index contributed by atoms with van der Waals surface area (Å²) in [6.07, 6.45) is 2.10. The molecule has 0 aliphatic rings. The molecule has 1 atom stereocenters. The Bertz CT molecular complexity index is 317. The third-order valence-corrected chi connectivity index (χ3v) is 3.36. The van der Waals surface area contributed by atoms with Gasteiger partial charge in [0.15, 0.2) is 0 Å². The van der Waals surface area contributed by atoms with E-state index in [4.69, 9.17) is 23.2 Å². The normalized spacial score (nSPS) is 12.8. The van der Waals surface area contributed by atoms with Gasteiger partial charge in [0.25, 0.3) is 0 Å². The first kappa shape index (κ1) is 13.2. The van der Waals surface area contributed by atoms with Crippen LogP contribution in [0, 0.1) is 0 Å². The van der Waals surface area contributed by atoms with E-state index >= 15 is 0 Å². The number of nitrogens with one attached hydrogen (secondary N) is 1. The van der Waals surface area contributed by atoms with E-state index < -0.39 is 0 Å². The number of hydrogen-bond acceptors (Lipinski definition) is 2. The maximum absolute atomic E-state index is 6.11. The van der Waals surface area contributed by atoms with E-state index in [-0.39, 0.29) is 6.04 Å². The monoisotopic (exact) mass is 263 g/mol. The zero-order valence-corrected chi connectivity index (χ0v) is 11.2. The Morgan fingerprint density at radius 2 is 2.13 bits per heavy atom. The fraction of sp³-hybridized carbons (Fsp3) is 0.455. The average molecular weight is 264 g/mol. The summed E-state index contributed by atoms with van der Waals surface area (Å²) in [4.78, 5) is 0. The van der Waals surface area contributed by atoms with Gasteiger partial charge in [0.2, 0.25) is 0 Å². The molecular formula is C11H15Cl2NS. The second-order valence-electron chi connectivity index (χ2n) is 3.33. The highest BCUT2D eigenvalue weighted by molar-refractivity contribution is 7.98. The maximum atomic E-state index is 6.11. The number of hydrogen-bond donors (Lipinski definition) is 1. The number of thioether (sulfide) groups is 1. The molecule has 0 fully saturated rings. The van der Waals surface area contributed by atoms with Crippen LogP contribution >= 0.6 is 35.0 Å². The summed E-state index contributed by atoms with van der Waals surface area (Å²) < 4.78 is 0. The van der Waals surface area contributed by atoms with Crippen LogP contribution in [0.25, 0.3) is 0 Å². The van der Waals surface area contributed by atoms with E-state index in [0.717, 1.165) is 22.9 Å². The van der Waals surface area contributed by atoms with Crippen LogP contribution in [0.15, 0.2) is 18.2 Å². The molecule has 0 radical (unpaired) electrons. The van der Waals surface area contributed by atoms with Crippen molar-refractivity contribution in [3.63, 3.8) is 0 Å². The minimum absolute atomic E-state index is 0.266. The fourth-order valence-electron chi connectivity index (χ4n) is 1.34. The molecule has 1 nitrogen and oxygen atoms in total. The molecule has 0 heterocycles. The maximum Gasteiger partial charge on any atom is 0.0468 e. The van der Waals surface area contributed by atoms with Crippen molar-refractivity contribution in [2.75, 3.05) is 18.6 Å². The summed E-state index contributed by atoms with van der Waals surface area (Å²) in [5, 5.41) is 4.82. The van der Waals surface area contributed by atoms with E-state index in [1.54, 1.807) is 6.07 Å². The van der Waals surface area contributed by atoms with Crippen LogP contribution < -0.4 is 5.32 Å². The zero-order valence-electron chi connectivity index (χ0n) is 8.89. The van der Waals surface area contributed by atoms with Crippen LogP contribution in [0.1, 0.15) is 18.5 Å².